The second kappa shape index (κ2) is 9.52. The number of hydrogen-bond acceptors (Lipinski definition) is 4. The van der Waals surface area contributed by atoms with E-state index in [1.54, 1.807) is 12.1 Å². The fraction of sp³-hybridized carbons (Fsp3) is 0.400. The largest absolute Gasteiger partial charge is 0.493 e. The Hall–Kier alpha value is -2.86. The van der Waals surface area contributed by atoms with Gasteiger partial charge in [0.15, 0.2) is 0 Å². The summed E-state index contributed by atoms with van der Waals surface area (Å²) in [4.78, 5) is 17.4. The molecule has 1 amide bonds. The normalized spacial score (nSPS) is 18.2. The van der Waals surface area contributed by atoms with E-state index in [9.17, 15) is 9.18 Å². The van der Waals surface area contributed by atoms with Gasteiger partial charge in [-0.25, -0.2) is 4.39 Å². The molecule has 164 valence electrons. The molecule has 2 heterocycles. The third-order valence-electron chi connectivity index (χ3n) is 6.35. The third kappa shape index (κ3) is 4.59. The van der Waals surface area contributed by atoms with Gasteiger partial charge in [-0.3, -0.25) is 4.79 Å². The number of carbonyl (C=O) groups is 1. The molecule has 0 atom stereocenters. The van der Waals surface area contributed by atoms with Crippen LogP contribution in [0.15, 0.2) is 61.2 Å². The number of allylic oxidation sites excluding steroid dienone is 1. The number of halogens is 1. The molecule has 0 saturated carbocycles. The fourth-order valence-electron chi connectivity index (χ4n) is 4.65. The van der Waals surface area contributed by atoms with Crippen molar-refractivity contribution in [1.29, 1.82) is 0 Å². The highest BCUT2D eigenvalue weighted by Crippen LogP contribution is 2.36. The van der Waals surface area contributed by atoms with Gasteiger partial charge in [-0.2, -0.15) is 0 Å². The van der Waals surface area contributed by atoms with Crippen LogP contribution >= 0.6 is 0 Å². The first-order valence-corrected chi connectivity index (χ1v) is 11.0. The van der Waals surface area contributed by atoms with E-state index in [1.807, 2.05) is 18.2 Å². The fourth-order valence-corrected chi connectivity index (χ4v) is 4.65. The minimum atomic E-state index is -0.442. The van der Waals surface area contributed by atoms with Crippen LogP contribution in [-0.4, -0.2) is 49.3 Å². The zero-order valence-corrected chi connectivity index (χ0v) is 17.9. The van der Waals surface area contributed by atoms with Gasteiger partial charge in [0.05, 0.1) is 13.3 Å². The van der Waals surface area contributed by atoms with E-state index in [1.165, 1.54) is 12.1 Å². The van der Waals surface area contributed by atoms with Crippen molar-refractivity contribution in [3.05, 3.63) is 72.6 Å². The van der Waals surface area contributed by atoms with E-state index < -0.39 is 5.54 Å². The Balaban J connectivity index is 1.28. The number of benzene rings is 2. The van der Waals surface area contributed by atoms with Gasteiger partial charge in [-0.15, -0.1) is 6.58 Å². The SMILES string of the molecule is C=CCc1cc(F)ccc1OCCCN1CCC2(CC1)C(=O)NCN2c1ccccc1. The van der Waals surface area contributed by atoms with Gasteiger partial charge in [0.25, 0.3) is 0 Å². The summed E-state index contributed by atoms with van der Waals surface area (Å²) in [6.07, 6.45) is 4.85. The Bertz CT molecular complexity index is 910. The predicted octanol–water partition coefficient (Wildman–Crippen LogP) is 3.75. The van der Waals surface area contributed by atoms with Crippen molar-refractivity contribution in [2.75, 3.05) is 37.8 Å². The summed E-state index contributed by atoms with van der Waals surface area (Å²) in [7, 11) is 0. The van der Waals surface area contributed by atoms with Gasteiger partial charge < -0.3 is 19.9 Å². The van der Waals surface area contributed by atoms with Crippen molar-refractivity contribution in [3.63, 3.8) is 0 Å². The molecule has 0 radical (unpaired) electrons. The molecule has 0 bridgehead atoms. The maximum Gasteiger partial charge on any atom is 0.247 e. The van der Waals surface area contributed by atoms with E-state index in [0.29, 0.717) is 19.7 Å². The Kier molecular flexibility index (Phi) is 6.56. The van der Waals surface area contributed by atoms with E-state index in [2.05, 4.69) is 33.8 Å². The van der Waals surface area contributed by atoms with Crippen LogP contribution in [0.5, 0.6) is 5.75 Å². The molecule has 2 fully saturated rings. The van der Waals surface area contributed by atoms with Crippen LogP contribution in [0.4, 0.5) is 10.1 Å². The van der Waals surface area contributed by atoms with Gasteiger partial charge in [0, 0.05) is 30.9 Å². The molecule has 1 spiro atoms. The molecule has 4 rings (SSSR count). The molecule has 31 heavy (non-hydrogen) atoms. The highest BCUT2D eigenvalue weighted by molar-refractivity contribution is 5.93. The number of rotatable bonds is 8. The van der Waals surface area contributed by atoms with Gasteiger partial charge in [-0.05, 0) is 56.0 Å². The molecule has 2 aromatic carbocycles. The summed E-state index contributed by atoms with van der Waals surface area (Å²) in [5.74, 6) is 0.609. The lowest BCUT2D eigenvalue weighted by Gasteiger charge is -2.43. The van der Waals surface area contributed by atoms with Crippen molar-refractivity contribution in [3.8, 4) is 5.75 Å². The molecular formula is C25H30FN3O2. The van der Waals surface area contributed by atoms with Crippen LogP contribution in [0, 0.1) is 5.82 Å². The van der Waals surface area contributed by atoms with Crippen molar-refractivity contribution < 1.29 is 13.9 Å². The maximum absolute atomic E-state index is 13.5. The molecule has 2 aliphatic rings. The van der Waals surface area contributed by atoms with Crippen LogP contribution in [0.2, 0.25) is 0 Å². The predicted molar refractivity (Wildman–Crippen MR) is 121 cm³/mol. The Labute approximate surface area is 183 Å². The molecule has 6 heteroatoms. The highest BCUT2D eigenvalue weighted by atomic mass is 19.1. The molecular weight excluding hydrogens is 393 g/mol. The number of carbonyl (C=O) groups excluding carboxylic acids is 1. The number of amides is 1. The first-order valence-electron chi connectivity index (χ1n) is 11.0. The molecule has 2 aliphatic heterocycles. The Morgan fingerprint density at radius 3 is 2.68 bits per heavy atom. The quantitative estimate of drug-likeness (QED) is 0.519. The molecule has 5 nitrogen and oxygen atoms in total. The van der Waals surface area contributed by atoms with Crippen molar-refractivity contribution in [1.82, 2.24) is 10.2 Å². The summed E-state index contributed by atoms with van der Waals surface area (Å²) in [6.45, 7) is 7.56. The Morgan fingerprint density at radius 2 is 1.94 bits per heavy atom. The van der Waals surface area contributed by atoms with Gasteiger partial charge >= 0.3 is 0 Å². The van der Waals surface area contributed by atoms with Gasteiger partial charge in [-0.1, -0.05) is 24.3 Å². The second-order valence-corrected chi connectivity index (χ2v) is 8.25. The van der Waals surface area contributed by atoms with Crippen LogP contribution in [-0.2, 0) is 11.2 Å². The standard InChI is InChI=1S/C25H30FN3O2/c1-2-7-20-18-21(26)10-11-23(20)31-17-6-14-28-15-12-25(13-16-28)24(30)27-19-29(25)22-8-4-3-5-9-22/h2-5,8-11,18H,1,6-7,12-17,19H2,(H,27,30). The summed E-state index contributed by atoms with van der Waals surface area (Å²) < 4.78 is 19.4. The van der Waals surface area contributed by atoms with E-state index >= 15 is 0 Å². The van der Waals surface area contributed by atoms with E-state index in [0.717, 1.165) is 55.9 Å². The number of nitrogens with one attached hydrogen (secondary N) is 1. The topological polar surface area (TPSA) is 44.8 Å². The van der Waals surface area contributed by atoms with Crippen molar-refractivity contribution >= 4 is 11.6 Å². The number of ether oxygens (including phenoxy) is 1. The number of piperidine rings is 1. The summed E-state index contributed by atoms with van der Waals surface area (Å²) >= 11 is 0. The summed E-state index contributed by atoms with van der Waals surface area (Å²) in [6, 6.07) is 14.8. The lowest BCUT2D eigenvalue weighted by Crippen LogP contribution is -2.56. The average Bonchev–Trinajstić information content (AvgIpc) is 3.10. The minimum Gasteiger partial charge on any atom is -0.493 e. The zero-order chi connectivity index (χ0) is 21.7. The van der Waals surface area contributed by atoms with Gasteiger partial charge in [0.1, 0.15) is 17.1 Å². The average molecular weight is 424 g/mol. The zero-order valence-electron chi connectivity index (χ0n) is 17.9. The Morgan fingerprint density at radius 1 is 1.16 bits per heavy atom. The number of para-hydroxylation sites is 1. The highest BCUT2D eigenvalue weighted by Gasteiger charge is 2.50. The lowest BCUT2D eigenvalue weighted by atomic mass is 9.85. The molecule has 0 aliphatic carbocycles. The lowest BCUT2D eigenvalue weighted by molar-refractivity contribution is -0.125. The van der Waals surface area contributed by atoms with Crippen molar-refractivity contribution in [2.45, 2.75) is 31.2 Å². The van der Waals surface area contributed by atoms with Crippen LogP contribution in [0.3, 0.4) is 0 Å². The monoisotopic (exact) mass is 423 g/mol. The van der Waals surface area contributed by atoms with Crippen LogP contribution < -0.4 is 15.0 Å². The molecule has 0 aromatic heterocycles. The number of likely N-dealkylation sites (tertiary alicyclic amines) is 1. The smallest absolute Gasteiger partial charge is 0.247 e. The number of anilines is 1. The molecule has 0 unspecified atom stereocenters. The number of hydrogen-bond donors (Lipinski definition) is 1. The second-order valence-electron chi connectivity index (χ2n) is 8.25. The third-order valence-corrected chi connectivity index (χ3v) is 6.35. The molecule has 2 aromatic rings. The summed E-state index contributed by atoms with van der Waals surface area (Å²) in [5, 5.41) is 3.05. The van der Waals surface area contributed by atoms with E-state index in [4.69, 9.17) is 4.74 Å². The minimum absolute atomic E-state index is 0.144. The van der Waals surface area contributed by atoms with Crippen LogP contribution in [0.1, 0.15) is 24.8 Å². The van der Waals surface area contributed by atoms with Crippen LogP contribution in [0.25, 0.3) is 0 Å². The van der Waals surface area contributed by atoms with Gasteiger partial charge in [0.2, 0.25) is 5.91 Å². The first kappa shape index (κ1) is 21.4. The first-order chi connectivity index (χ1) is 15.1. The van der Waals surface area contributed by atoms with Crippen molar-refractivity contribution in [2.24, 2.45) is 0 Å². The summed E-state index contributed by atoms with van der Waals surface area (Å²) in [5.41, 5.74) is 1.47. The maximum atomic E-state index is 13.5. The van der Waals surface area contributed by atoms with E-state index in [-0.39, 0.29) is 11.7 Å². The molecule has 2 saturated heterocycles. The number of nitrogens with zero attached hydrogens (tertiary/aromatic N) is 2. The molecule has 1 N–H and O–H groups in total.